The number of allylic oxidation sites excluding steroid dienone is 4. The van der Waals surface area contributed by atoms with Crippen LogP contribution < -0.4 is 0 Å². The summed E-state index contributed by atoms with van der Waals surface area (Å²) in [4.78, 5) is 0. The molecule has 0 radical (unpaired) electrons. The zero-order chi connectivity index (χ0) is 11.7. The molecule has 0 saturated heterocycles. The molecule has 2 aliphatic rings. The van der Waals surface area contributed by atoms with Crippen molar-refractivity contribution in [2.24, 2.45) is 17.8 Å². The van der Waals surface area contributed by atoms with E-state index in [4.69, 9.17) is 0 Å². The quantitative estimate of drug-likeness (QED) is 0.575. The summed E-state index contributed by atoms with van der Waals surface area (Å²) in [7, 11) is 0. The van der Waals surface area contributed by atoms with Crippen molar-refractivity contribution in [3.8, 4) is 0 Å². The van der Waals surface area contributed by atoms with Gasteiger partial charge in [0.1, 0.15) is 0 Å². The minimum Gasteiger partial charge on any atom is -0.0775 e. The zero-order valence-corrected chi connectivity index (χ0v) is 11.3. The Labute approximate surface area is 101 Å². The van der Waals surface area contributed by atoms with Crippen molar-refractivity contribution in [3.63, 3.8) is 0 Å². The average molecular weight is 218 g/mol. The lowest BCUT2D eigenvalue weighted by Gasteiger charge is -2.31. The molecule has 0 N–H and O–H groups in total. The van der Waals surface area contributed by atoms with Crippen LogP contribution in [-0.4, -0.2) is 0 Å². The highest BCUT2D eigenvalue weighted by atomic mass is 14.3. The van der Waals surface area contributed by atoms with Gasteiger partial charge in [0.05, 0.1) is 0 Å². The van der Waals surface area contributed by atoms with Crippen molar-refractivity contribution in [2.45, 2.75) is 59.8 Å². The van der Waals surface area contributed by atoms with Gasteiger partial charge in [-0.05, 0) is 50.4 Å². The Hall–Kier alpha value is -0.520. The number of rotatable bonds is 4. The molecule has 0 fully saturated rings. The molecule has 3 unspecified atom stereocenters. The topological polar surface area (TPSA) is 0 Å². The molecular formula is C16H26. The van der Waals surface area contributed by atoms with Gasteiger partial charge in [-0.2, -0.15) is 0 Å². The molecule has 0 heterocycles. The molecule has 0 aromatic carbocycles. The largest absolute Gasteiger partial charge is 0.0775 e. The van der Waals surface area contributed by atoms with Crippen molar-refractivity contribution in [1.82, 2.24) is 0 Å². The fourth-order valence-electron chi connectivity index (χ4n) is 3.23. The van der Waals surface area contributed by atoms with Crippen LogP contribution in [0.5, 0.6) is 0 Å². The van der Waals surface area contributed by atoms with Crippen LogP contribution in [-0.2, 0) is 0 Å². The average Bonchev–Trinajstić information content (AvgIpc) is 2.94. The third kappa shape index (κ3) is 2.42. The van der Waals surface area contributed by atoms with Crippen LogP contribution in [0, 0.1) is 17.8 Å². The van der Waals surface area contributed by atoms with Crippen LogP contribution in [0.25, 0.3) is 0 Å². The van der Waals surface area contributed by atoms with Gasteiger partial charge in [-0.25, -0.2) is 0 Å². The van der Waals surface area contributed by atoms with Crippen LogP contribution in [0.4, 0.5) is 0 Å². The van der Waals surface area contributed by atoms with Gasteiger partial charge < -0.3 is 0 Å². The standard InChI is InChI=1S/C16H26/c1-5-6-14-8-7-11(2)16(13(14)4)10-15-9-12(15)3/h9,11-12,14H,5-8,10H2,1-4H3. The summed E-state index contributed by atoms with van der Waals surface area (Å²) in [5, 5.41) is 0. The number of hydrogen-bond acceptors (Lipinski definition) is 0. The van der Waals surface area contributed by atoms with Gasteiger partial charge in [-0.3, -0.25) is 0 Å². The van der Waals surface area contributed by atoms with Gasteiger partial charge in [0.2, 0.25) is 0 Å². The van der Waals surface area contributed by atoms with E-state index in [-0.39, 0.29) is 0 Å². The molecule has 0 amide bonds. The van der Waals surface area contributed by atoms with E-state index in [1.807, 2.05) is 0 Å². The van der Waals surface area contributed by atoms with Crippen LogP contribution in [0.15, 0.2) is 22.8 Å². The first kappa shape index (κ1) is 12.0. The fraction of sp³-hybridized carbons (Fsp3) is 0.750. The van der Waals surface area contributed by atoms with E-state index in [1.54, 1.807) is 16.7 Å². The Morgan fingerprint density at radius 1 is 1.25 bits per heavy atom. The Balaban J connectivity index is 2.09. The molecule has 0 aromatic rings. The molecule has 3 atom stereocenters. The lowest BCUT2D eigenvalue weighted by Crippen LogP contribution is -2.16. The minimum atomic E-state index is 0.805. The van der Waals surface area contributed by atoms with Crippen molar-refractivity contribution >= 4 is 0 Å². The Kier molecular flexibility index (Phi) is 3.56. The predicted molar refractivity (Wildman–Crippen MR) is 71.4 cm³/mol. The van der Waals surface area contributed by atoms with Crippen LogP contribution >= 0.6 is 0 Å². The molecule has 0 saturated carbocycles. The maximum atomic E-state index is 2.43. The molecule has 0 heteroatoms. The highest BCUT2D eigenvalue weighted by molar-refractivity contribution is 5.35. The van der Waals surface area contributed by atoms with E-state index in [9.17, 15) is 0 Å². The lowest BCUT2D eigenvalue weighted by molar-refractivity contribution is 0.405. The first-order chi connectivity index (χ1) is 7.63. The molecule has 0 nitrogen and oxygen atoms in total. The highest BCUT2D eigenvalue weighted by Gasteiger charge is 2.28. The molecule has 90 valence electrons. The van der Waals surface area contributed by atoms with Gasteiger partial charge >= 0.3 is 0 Å². The monoisotopic (exact) mass is 218 g/mol. The van der Waals surface area contributed by atoms with Crippen LogP contribution in [0.3, 0.4) is 0 Å². The Morgan fingerprint density at radius 2 is 1.94 bits per heavy atom. The summed E-state index contributed by atoms with van der Waals surface area (Å²) in [6.07, 6.45) is 9.29. The summed E-state index contributed by atoms with van der Waals surface area (Å²) in [6, 6.07) is 0. The van der Waals surface area contributed by atoms with E-state index in [1.165, 1.54) is 32.1 Å². The van der Waals surface area contributed by atoms with Gasteiger partial charge in [0.25, 0.3) is 0 Å². The summed E-state index contributed by atoms with van der Waals surface area (Å²) in [6.45, 7) is 9.46. The lowest BCUT2D eigenvalue weighted by atomic mass is 9.75. The second-order valence-electron chi connectivity index (χ2n) is 5.88. The maximum absolute atomic E-state index is 2.43. The van der Waals surface area contributed by atoms with Crippen LogP contribution in [0.1, 0.15) is 59.8 Å². The van der Waals surface area contributed by atoms with E-state index in [2.05, 4.69) is 33.8 Å². The first-order valence-corrected chi connectivity index (χ1v) is 7.03. The van der Waals surface area contributed by atoms with Gasteiger partial charge in [-0.15, -0.1) is 0 Å². The Morgan fingerprint density at radius 3 is 2.50 bits per heavy atom. The third-order valence-corrected chi connectivity index (χ3v) is 4.63. The second-order valence-corrected chi connectivity index (χ2v) is 5.88. The number of hydrogen-bond donors (Lipinski definition) is 0. The molecule has 16 heavy (non-hydrogen) atoms. The molecule has 2 rings (SSSR count). The third-order valence-electron chi connectivity index (χ3n) is 4.63. The van der Waals surface area contributed by atoms with Crippen molar-refractivity contribution in [2.75, 3.05) is 0 Å². The predicted octanol–water partition coefficient (Wildman–Crippen LogP) is 5.12. The highest BCUT2D eigenvalue weighted by Crippen LogP contribution is 2.43. The van der Waals surface area contributed by atoms with E-state index in [0.717, 1.165) is 17.8 Å². The van der Waals surface area contributed by atoms with Crippen molar-refractivity contribution in [1.29, 1.82) is 0 Å². The minimum absolute atomic E-state index is 0.805. The first-order valence-electron chi connectivity index (χ1n) is 7.03. The molecule has 0 aliphatic heterocycles. The normalized spacial score (nSPS) is 34.0. The summed E-state index contributed by atoms with van der Waals surface area (Å²) >= 11 is 0. The van der Waals surface area contributed by atoms with Gasteiger partial charge in [-0.1, -0.05) is 50.0 Å². The van der Waals surface area contributed by atoms with E-state index >= 15 is 0 Å². The van der Waals surface area contributed by atoms with Crippen LogP contribution in [0.2, 0.25) is 0 Å². The summed E-state index contributed by atoms with van der Waals surface area (Å²) in [5.41, 5.74) is 5.21. The van der Waals surface area contributed by atoms with Gasteiger partial charge in [0.15, 0.2) is 0 Å². The van der Waals surface area contributed by atoms with E-state index < -0.39 is 0 Å². The molecule has 2 aliphatic carbocycles. The maximum Gasteiger partial charge on any atom is -0.00452 e. The van der Waals surface area contributed by atoms with E-state index in [0.29, 0.717) is 0 Å². The molecule has 0 spiro atoms. The summed E-state index contributed by atoms with van der Waals surface area (Å²) in [5.74, 6) is 2.53. The van der Waals surface area contributed by atoms with Crippen molar-refractivity contribution in [3.05, 3.63) is 22.8 Å². The fourth-order valence-corrected chi connectivity index (χ4v) is 3.23. The van der Waals surface area contributed by atoms with Gasteiger partial charge in [0, 0.05) is 0 Å². The zero-order valence-electron chi connectivity index (χ0n) is 11.3. The molecular weight excluding hydrogens is 192 g/mol. The van der Waals surface area contributed by atoms with Crippen molar-refractivity contribution < 1.29 is 0 Å². The summed E-state index contributed by atoms with van der Waals surface area (Å²) < 4.78 is 0. The second kappa shape index (κ2) is 4.77. The molecule has 0 bridgehead atoms. The Bertz CT molecular complexity index is 319. The smallest absolute Gasteiger partial charge is 0.00452 e. The SMILES string of the molecule is CCCC1CCC(C)C(CC2=CC2C)=C1C. The molecule has 0 aromatic heterocycles.